The molecule has 0 aromatic heterocycles. The summed E-state index contributed by atoms with van der Waals surface area (Å²) in [7, 11) is 0. The minimum atomic E-state index is 0.148. The molecule has 3 rings (SSSR count). The minimum absolute atomic E-state index is 0.148. The maximum absolute atomic E-state index is 6.11. The minimum Gasteiger partial charge on any atom is -0.489 e. The molecule has 3 heteroatoms. The van der Waals surface area contributed by atoms with Crippen molar-refractivity contribution in [2.45, 2.75) is 52.2 Å². The summed E-state index contributed by atoms with van der Waals surface area (Å²) in [5, 5.41) is 0. The standard InChI is InChI=1S/C21H28N2O/c1-15(2)24-21-11-10-17(14-19(21)22)7-6-12-23-16(3)13-18-8-4-5-9-20(18)23/h4-5,8-11,14-16H,6-7,12-13,22H2,1-3H3. The number of para-hydroxylation sites is 1. The van der Waals surface area contributed by atoms with Gasteiger partial charge in [-0.3, -0.25) is 0 Å². The van der Waals surface area contributed by atoms with E-state index in [1.165, 1.54) is 16.8 Å². The number of nitrogens with two attached hydrogens (primary N) is 1. The average Bonchev–Trinajstić information content (AvgIpc) is 2.85. The molecule has 1 aliphatic rings. The van der Waals surface area contributed by atoms with Gasteiger partial charge in [0.1, 0.15) is 5.75 Å². The van der Waals surface area contributed by atoms with E-state index in [9.17, 15) is 0 Å². The molecule has 2 N–H and O–H groups in total. The average molecular weight is 324 g/mol. The maximum Gasteiger partial charge on any atom is 0.142 e. The molecule has 2 aromatic carbocycles. The van der Waals surface area contributed by atoms with Gasteiger partial charge in [-0.05, 0) is 69.4 Å². The molecule has 0 radical (unpaired) electrons. The predicted molar refractivity (Wildman–Crippen MR) is 102 cm³/mol. The Bertz CT molecular complexity index is 696. The van der Waals surface area contributed by atoms with E-state index in [-0.39, 0.29) is 6.10 Å². The van der Waals surface area contributed by atoms with Crippen LogP contribution >= 0.6 is 0 Å². The summed E-state index contributed by atoms with van der Waals surface area (Å²) < 4.78 is 5.71. The highest BCUT2D eigenvalue weighted by atomic mass is 16.5. The van der Waals surface area contributed by atoms with Gasteiger partial charge in [0.25, 0.3) is 0 Å². The topological polar surface area (TPSA) is 38.5 Å². The normalized spacial score (nSPS) is 16.5. The van der Waals surface area contributed by atoms with Crippen LogP contribution in [0.3, 0.4) is 0 Å². The third-order valence-electron chi connectivity index (χ3n) is 4.65. The second kappa shape index (κ2) is 7.16. The molecule has 0 saturated heterocycles. The summed E-state index contributed by atoms with van der Waals surface area (Å²) in [5.74, 6) is 0.788. The van der Waals surface area contributed by atoms with Crippen molar-refractivity contribution in [3.63, 3.8) is 0 Å². The van der Waals surface area contributed by atoms with Crippen LogP contribution in [0.5, 0.6) is 5.75 Å². The van der Waals surface area contributed by atoms with E-state index in [2.05, 4.69) is 48.2 Å². The summed E-state index contributed by atoms with van der Waals surface area (Å²) in [4.78, 5) is 2.54. The van der Waals surface area contributed by atoms with Crippen LogP contribution in [0.25, 0.3) is 0 Å². The summed E-state index contributed by atoms with van der Waals surface area (Å²) in [6, 6.07) is 15.5. The molecule has 0 saturated carbocycles. The Kier molecular flexibility index (Phi) is 4.98. The van der Waals surface area contributed by atoms with E-state index >= 15 is 0 Å². The fraction of sp³-hybridized carbons (Fsp3) is 0.429. The number of ether oxygens (including phenoxy) is 1. The second-order valence-corrected chi connectivity index (χ2v) is 7.02. The number of nitrogen functional groups attached to an aromatic ring is 1. The van der Waals surface area contributed by atoms with Crippen LogP contribution in [-0.2, 0) is 12.8 Å². The SMILES string of the molecule is CC(C)Oc1ccc(CCCN2c3ccccc3CC2C)cc1N. The lowest BCUT2D eigenvalue weighted by Gasteiger charge is -2.25. The zero-order valence-electron chi connectivity index (χ0n) is 15.0. The molecule has 0 bridgehead atoms. The van der Waals surface area contributed by atoms with Gasteiger partial charge in [-0.15, -0.1) is 0 Å². The highest BCUT2D eigenvalue weighted by Gasteiger charge is 2.24. The van der Waals surface area contributed by atoms with Crippen molar-refractivity contribution >= 4 is 11.4 Å². The lowest BCUT2D eigenvalue weighted by Crippen LogP contribution is -2.30. The largest absolute Gasteiger partial charge is 0.489 e. The van der Waals surface area contributed by atoms with Crippen molar-refractivity contribution < 1.29 is 4.74 Å². The van der Waals surface area contributed by atoms with Gasteiger partial charge < -0.3 is 15.4 Å². The zero-order valence-corrected chi connectivity index (χ0v) is 15.0. The van der Waals surface area contributed by atoms with E-state index < -0.39 is 0 Å². The van der Waals surface area contributed by atoms with Gasteiger partial charge >= 0.3 is 0 Å². The van der Waals surface area contributed by atoms with Gasteiger partial charge in [0.2, 0.25) is 0 Å². The van der Waals surface area contributed by atoms with Gasteiger partial charge in [0.05, 0.1) is 11.8 Å². The Morgan fingerprint density at radius 2 is 2.00 bits per heavy atom. The Morgan fingerprint density at radius 3 is 2.75 bits per heavy atom. The molecule has 3 nitrogen and oxygen atoms in total. The van der Waals surface area contributed by atoms with Crippen molar-refractivity contribution in [3.8, 4) is 5.75 Å². The van der Waals surface area contributed by atoms with Crippen molar-refractivity contribution in [1.29, 1.82) is 0 Å². The Labute approximate surface area is 145 Å². The number of benzene rings is 2. The predicted octanol–water partition coefficient (Wildman–Crippen LogP) is 4.44. The van der Waals surface area contributed by atoms with Crippen molar-refractivity contribution in [1.82, 2.24) is 0 Å². The van der Waals surface area contributed by atoms with Crippen molar-refractivity contribution in [2.24, 2.45) is 0 Å². The number of hydrogen-bond donors (Lipinski definition) is 1. The van der Waals surface area contributed by atoms with E-state index in [1.54, 1.807) is 0 Å². The molecular formula is C21H28N2O. The van der Waals surface area contributed by atoms with Crippen LogP contribution in [0.2, 0.25) is 0 Å². The lowest BCUT2D eigenvalue weighted by molar-refractivity contribution is 0.244. The number of anilines is 2. The molecule has 128 valence electrons. The van der Waals surface area contributed by atoms with Crippen molar-refractivity contribution in [2.75, 3.05) is 17.2 Å². The fourth-order valence-corrected chi connectivity index (χ4v) is 3.54. The molecule has 2 aromatic rings. The Balaban J connectivity index is 1.58. The Hall–Kier alpha value is -2.16. The van der Waals surface area contributed by atoms with Gasteiger partial charge in [0, 0.05) is 18.3 Å². The molecule has 0 spiro atoms. The second-order valence-electron chi connectivity index (χ2n) is 7.02. The third-order valence-corrected chi connectivity index (χ3v) is 4.65. The van der Waals surface area contributed by atoms with Crippen LogP contribution in [-0.4, -0.2) is 18.7 Å². The van der Waals surface area contributed by atoms with Crippen LogP contribution in [0.1, 0.15) is 38.3 Å². The number of fused-ring (bicyclic) bond motifs is 1. The van der Waals surface area contributed by atoms with E-state index in [4.69, 9.17) is 10.5 Å². The fourth-order valence-electron chi connectivity index (χ4n) is 3.54. The first-order valence-corrected chi connectivity index (χ1v) is 8.94. The summed E-state index contributed by atoms with van der Waals surface area (Å²) >= 11 is 0. The van der Waals surface area contributed by atoms with Crippen LogP contribution in [0.15, 0.2) is 42.5 Å². The molecule has 0 amide bonds. The molecule has 0 fully saturated rings. The molecule has 1 unspecified atom stereocenters. The first-order valence-electron chi connectivity index (χ1n) is 8.94. The molecule has 0 aliphatic carbocycles. The first-order chi connectivity index (χ1) is 11.5. The molecular weight excluding hydrogens is 296 g/mol. The number of nitrogens with zero attached hydrogens (tertiary/aromatic N) is 1. The summed E-state index contributed by atoms with van der Waals surface area (Å²) in [5.41, 5.74) is 11.0. The molecule has 24 heavy (non-hydrogen) atoms. The molecule has 1 aliphatic heterocycles. The lowest BCUT2D eigenvalue weighted by atomic mass is 10.1. The van der Waals surface area contributed by atoms with E-state index in [1.807, 2.05) is 19.9 Å². The van der Waals surface area contributed by atoms with Crippen LogP contribution < -0.4 is 15.4 Å². The summed E-state index contributed by atoms with van der Waals surface area (Å²) in [6.07, 6.45) is 3.47. The van der Waals surface area contributed by atoms with Gasteiger partial charge in [0.15, 0.2) is 0 Å². The quantitative estimate of drug-likeness (QED) is 0.798. The van der Waals surface area contributed by atoms with Crippen molar-refractivity contribution in [3.05, 3.63) is 53.6 Å². The third kappa shape index (κ3) is 3.66. The highest BCUT2D eigenvalue weighted by molar-refractivity contribution is 5.59. The molecule has 1 heterocycles. The number of aryl methyl sites for hydroxylation is 1. The summed E-state index contributed by atoms with van der Waals surface area (Å²) in [6.45, 7) is 7.43. The van der Waals surface area contributed by atoms with Gasteiger partial charge in [-0.1, -0.05) is 24.3 Å². The maximum atomic E-state index is 6.11. The van der Waals surface area contributed by atoms with Crippen LogP contribution in [0, 0.1) is 0 Å². The van der Waals surface area contributed by atoms with E-state index in [0.29, 0.717) is 6.04 Å². The first kappa shape index (κ1) is 16.7. The highest BCUT2D eigenvalue weighted by Crippen LogP contribution is 2.32. The van der Waals surface area contributed by atoms with Crippen LogP contribution in [0.4, 0.5) is 11.4 Å². The number of rotatable bonds is 6. The van der Waals surface area contributed by atoms with Gasteiger partial charge in [-0.2, -0.15) is 0 Å². The van der Waals surface area contributed by atoms with E-state index in [0.717, 1.165) is 37.2 Å². The number of hydrogen-bond acceptors (Lipinski definition) is 3. The zero-order chi connectivity index (χ0) is 17.1. The molecule has 1 atom stereocenters. The van der Waals surface area contributed by atoms with Gasteiger partial charge in [-0.25, -0.2) is 0 Å². The monoisotopic (exact) mass is 324 g/mol. The Morgan fingerprint density at radius 1 is 1.21 bits per heavy atom. The smallest absolute Gasteiger partial charge is 0.142 e.